The van der Waals surface area contributed by atoms with E-state index in [9.17, 15) is 10.2 Å². The molecule has 0 amide bonds. The molecule has 0 saturated carbocycles. The molecule has 0 aliphatic carbocycles. The highest BCUT2D eigenvalue weighted by atomic mass is 35.5. The van der Waals surface area contributed by atoms with Gasteiger partial charge in [-0.15, -0.1) is 44.9 Å². The molecule has 0 atom stereocenters. The summed E-state index contributed by atoms with van der Waals surface area (Å²) in [7, 11) is 0. The van der Waals surface area contributed by atoms with Crippen LogP contribution in [0.1, 0.15) is 19.8 Å². The summed E-state index contributed by atoms with van der Waals surface area (Å²) in [6.45, 7) is 2.39. The van der Waals surface area contributed by atoms with Gasteiger partial charge in [-0.3, -0.25) is 0 Å². The Kier molecular flexibility index (Phi) is 8.01. The van der Waals surface area contributed by atoms with Crippen molar-refractivity contribution in [3.8, 4) is 52.4 Å². The summed E-state index contributed by atoms with van der Waals surface area (Å²) in [5.74, 6) is 0.115. The van der Waals surface area contributed by atoms with Crippen LogP contribution < -0.4 is 14.2 Å². The van der Waals surface area contributed by atoms with Gasteiger partial charge < -0.3 is 24.4 Å². The van der Waals surface area contributed by atoms with Crippen LogP contribution in [0, 0.1) is 0 Å². The fourth-order valence-corrected chi connectivity index (χ4v) is 4.79. The summed E-state index contributed by atoms with van der Waals surface area (Å²) in [5, 5.41) is 40.2. The number of unbranched alkanes of at least 4 members (excludes halogenated alkanes) is 1. The van der Waals surface area contributed by atoms with E-state index in [4.69, 9.17) is 37.4 Å². The molecule has 47 heavy (non-hydrogen) atoms. The third-order valence-corrected chi connectivity index (χ3v) is 7.20. The molecule has 3 aromatic heterocycles. The first-order chi connectivity index (χ1) is 22.8. The van der Waals surface area contributed by atoms with Crippen LogP contribution >= 0.6 is 23.2 Å². The lowest BCUT2D eigenvalue weighted by atomic mass is 10.3. The van der Waals surface area contributed by atoms with Crippen LogP contribution in [0.15, 0.2) is 72.8 Å². The Morgan fingerprint density at radius 3 is 1.53 bits per heavy atom. The number of nitrogens with zero attached hydrogens (tertiary/aromatic N) is 9. The molecule has 0 bridgehead atoms. The number of phenolic OH excluding ortho intramolecular Hbond substituents is 2. The van der Waals surface area contributed by atoms with E-state index in [0.717, 1.165) is 12.8 Å². The Labute approximate surface area is 275 Å². The van der Waals surface area contributed by atoms with Gasteiger partial charge in [-0.05, 0) is 67.1 Å². The Hall–Kier alpha value is -5.73. The monoisotopic (exact) mass is 671 g/mol. The zero-order valence-electron chi connectivity index (χ0n) is 24.4. The van der Waals surface area contributed by atoms with Crippen molar-refractivity contribution in [2.75, 3.05) is 6.61 Å². The van der Waals surface area contributed by atoms with Crippen molar-refractivity contribution in [3.05, 3.63) is 82.8 Å². The Balaban J connectivity index is 1.13. The second-order valence-corrected chi connectivity index (χ2v) is 11.0. The molecule has 4 aromatic carbocycles. The highest BCUT2D eigenvalue weighted by Crippen LogP contribution is 2.32. The SMILES string of the molecule is CCCCOc1nc(Oc2ccc(-n3nc4ccc(Cl)cc4n3)c(O)c2)nc(Oc2ccc(-n3nc4ccc(Cl)cc4n3)c(O)c2)n1. The number of hydrogen-bond donors (Lipinski definition) is 2. The van der Waals surface area contributed by atoms with E-state index in [1.165, 1.54) is 21.7 Å². The molecule has 7 aromatic rings. The zero-order valence-corrected chi connectivity index (χ0v) is 26.0. The molecule has 0 aliphatic rings. The van der Waals surface area contributed by atoms with E-state index >= 15 is 0 Å². The maximum absolute atomic E-state index is 10.8. The molecule has 236 valence electrons. The number of phenols is 2. The number of halogens is 2. The fraction of sp³-hybridized carbons (Fsp3) is 0.129. The van der Waals surface area contributed by atoms with E-state index in [1.54, 1.807) is 60.7 Å². The van der Waals surface area contributed by atoms with Gasteiger partial charge in [0.1, 0.15) is 56.4 Å². The van der Waals surface area contributed by atoms with E-state index in [-0.39, 0.29) is 41.0 Å². The van der Waals surface area contributed by atoms with E-state index in [1.807, 2.05) is 6.92 Å². The molecular formula is C31H23Cl2N9O5. The number of aromatic nitrogens is 9. The number of aromatic hydroxyl groups is 2. The van der Waals surface area contributed by atoms with Gasteiger partial charge in [-0.25, -0.2) is 0 Å². The van der Waals surface area contributed by atoms with Crippen LogP contribution in [0.3, 0.4) is 0 Å². The molecule has 14 nitrogen and oxygen atoms in total. The molecule has 0 spiro atoms. The van der Waals surface area contributed by atoms with Crippen molar-refractivity contribution in [1.29, 1.82) is 0 Å². The van der Waals surface area contributed by atoms with Crippen molar-refractivity contribution in [2.24, 2.45) is 0 Å². The Morgan fingerprint density at radius 1 is 0.596 bits per heavy atom. The number of ether oxygens (including phenoxy) is 3. The summed E-state index contributed by atoms with van der Waals surface area (Å²) in [6, 6.07) is 19.0. The van der Waals surface area contributed by atoms with Crippen molar-refractivity contribution in [1.82, 2.24) is 44.9 Å². The van der Waals surface area contributed by atoms with E-state index in [2.05, 4.69) is 35.3 Å². The summed E-state index contributed by atoms with van der Waals surface area (Å²) in [4.78, 5) is 15.3. The first-order valence-electron chi connectivity index (χ1n) is 14.3. The summed E-state index contributed by atoms with van der Waals surface area (Å²) >= 11 is 12.1. The van der Waals surface area contributed by atoms with Gasteiger partial charge in [0, 0.05) is 22.2 Å². The summed E-state index contributed by atoms with van der Waals surface area (Å²) in [6.07, 6.45) is 1.67. The number of rotatable bonds is 10. The largest absolute Gasteiger partial charge is 0.505 e. The molecule has 0 fully saturated rings. The lowest BCUT2D eigenvalue weighted by Crippen LogP contribution is -2.05. The Morgan fingerprint density at radius 2 is 1.06 bits per heavy atom. The van der Waals surface area contributed by atoms with Crippen LogP contribution in [-0.4, -0.2) is 61.8 Å². The molecular weight excluding hydrogens is 649 g/mol. The molecule has 0 unspecified atom stereocenters. The predicted octanol–water partition coefficient (Wildman–Crippen LogP) is 6.82. The van der Waals surface area contributed by atoms with Gasteiger partial charge in [0.15, 0.2) is 0 Å². The Bertz CT molecular complexity index is 2110. The number of hydrogen-bond acceptors (Lipinski definition) is 12. The quantitative estimate of drug-likeness (QED) is 0.146. The average Bonchev–Trinajstić information content (AvgIpc) is 3.65. The second kappa shape index (κ2) is 12.6. The first kappa shape index (κ1) is 30.0. The molecule has 3 heterocycles. The molecule has 0 aliphatic heterocycles. The van der Waals surface area contributed by atoms with Crippen molar-refractivity contribution in [3.63, 3.8) is 0 Å². The number of benzene rings is 4. The first-order valence-corrected chi connectivity index (χ1v) is 15.0. The van der Waals surface area contributed by atoms with Gasteiger partial charge in [-0.2, -0.15) is 0 Å². The summed E-state index contributed by atoms with van der Waals surface area (Å²) in [5.41, 5.74) is 3.01. The van der Waals surface area contributed by atoms with E-state index in [0.29, 0.717) is 50.1 Å². The highest BCUT2D eigenvalue weighted by molar-refractivity contribution is 6.31. The minimum Gasteiger partial charge on any atom is -0.505 e. The molecule has 2 N–H and O–H groups in total. The lowest BCUT2D eigenvalue weighted by molar-refractivity contribution is 0.271. The predicted molar refractivity (Wildman–Crippen MR) is 171 cm³/mol. The lowest BCUT2D eigenvalue weighted by Gasteiger charge is -2.11. The van der Waals surface area contributed by atoms with Gasteiger partial charge in [0.25, 0.3) is 0 Å². The normalized spacial score (nSPS) is 11.3. The van der Waals surface area contributed by atoms with Gasteiger partial charge in [0.2, 0.25) is 0 Å². The van der Waals surface area contributed by atoms with Crippen LogP contribution in [0.2, 0.25) is 10.0 Å². The third kappa shape index (κ3) is 6.50. The van der Waals surface area contributed by atoms with Crippen molar-refractivity contribution >= 4 is 45.3 Å². The minimum absolute atomic E-state index is 0.0303. The van der Waals surface area contributed by atoms with Crippen LogP contribution in [-0.2, 0) is 0 Å². The van der Waals surface area contributed by atoms with Crippen LogP contribution in [0.25, 0.3) is 33.4 Å². The topological polar surface area (TPSA) is 168 Å². The molecule has 7 rings (SSSR count). The van der Waals surface area contributed by atoms with E-state index < -0.39 is 0 Å². The molecule has 0 saturated heterocycles. The third-order valence-electron chi connectivity index (χ3n) is 6.73. The summed E-state index contributed by atoms with van der Waals surface area (Å²) < 4.78 is 17.4. The van der Waals surface area contributed by atoms with Crippen molar-refractivity contribution in [2.45, 2.75) is 19.8 Å². The zero-order chi connectivity index (χ0) is 32.5. The second-order valence-electron chi connectivity index (χ2n) is 10.1. The average molecular weight is 672 g/mol. The fourth-order valence-electron chi connectivity index (χ4n) is 4.46. The molecule has 16 heteroatoms. The highest BCUT2D eigenvalue weighted by Gasteiger charge is 2.16. The van der Waals surface area contributed by atoms with Gasteiger partial charge in [0.05, 0.1) is 6.61 Å². The standard InChI is InChI=1S/C31H23Cl2N9O5/c1-2-3-12-45-29-34-30(46-19-6-10-25(27(43)15-19)41-37-21-8-4-17(32)13-23(21)39-41)36-31(35-29)47-20-7-11-26(28(44)16-20)42-38-22-9-5-18(33)14-24(22)40-42/h4-11,13-16,43-44H,2-3,12H2,1H3. The van der Waals surface area contributed by atoms with Gasteiger partial charge in [-0.1, -0.05) is 36.5 Å². The van der Waals surface area contributed by atoms with Gasteiger partial charge >= 0.3 is 18.0 Å². The number of fused-ring (bicyclic) bond motifs is 2. The van der Waals surface area contributed by atoms with Crippen molar-refractivity contribution < 1.29 is 24.4 Å². The maximum Gasteiger partial charge on any atom is 0.331 e. The van der Waals surface area contributed by atoms with Crippen LogP contribution in [0.4, 0.5) is 0 Å². The smallest absolute Gasteiger partial charge is 0.331 e. The molecule has 0 radical (unpaired) electrons. The minimum atomic E-state index is -0.155. The van der Waals surface area contributed by atoms with Crippen LogP contribution in [0.5, 0.6) is 41.0 Å². The maximum atomic E-state index is 10.8.